The number of isocyanates is 1. The van der Waals surface area contributed by atoms with E-state index in [0.29, 0.717) is 18.4 Å². The van der Waals surface area contributed by atoms with Gasteiger partial charge in [-0.25, -0.2) is 4.79 Å². The summed E-state index contributed by atoms with van der Waals surface area (Å²) in [4.78, 5) is 27.5. The van der Waals surface area contributed by atoms with Crippen molar-refractivity contribution >= 4 is 18.2 Å². The first kappa shape index (κ1) is 23.3. The summed E-state index contributed by atoms with van der Waals surface area (Å²) >= 11 is 0. The lowest BCUT2D eigenvalue weighted by Crippen LogP contribution is -2.56. The first-order valence-corrected chi connectivity index (χ1v) is 11.4. The molecule has 0 unspecified atom stereocenters. The van der Waals surface area contributed by atoms with Crippen molar-refractivity contribution in [1.82, 2.24) is 10.6 Å². The highest BCUT2D eigenvalue weighted by Gasteiger charge is 2.48. The fourth-order valence-electron chi connectivity index (χ4n) is 5.55. The minimum atomic E-state index is -0.731. The summed E-state index contributed by atoms with van der Waals surface area (Å²) in [7, 11) is 0. The van der Waals surface area contributed by atoms with Crippen LogP contribution in [0, 0.1) is 35.0 Å². The van der Waals surface area contributed by atoms with Crippen LogP contribution in [0.3, 0.4) is 0 Å². The predicted octanol–water partition coefficient (Wildman–Crippen LogP) is 3.68. The van der Waals surface area contributed by atoms with E-state index in [1.54, 1.807) is 32.2 Å². The largest absolute Gasteiger partial charge is 0.478 e. The van der Waals surface area contributed by atoms with Crippen LogP contribution in [-0.4, -0.2) is 36.4 Å². The Hall–Kier alpha value is -2.40. The molecule has 4 aliphatic rings. The van der Waals surface area contributed by atoms with Crippen LogP contribution in [0.4, 0.5) is 0 Å². The predicted molar refractivity (Wildman–Crippen MR) is 120 cm³/mol. The van der Waals surface area contributed by atoms with Crippen LogP contribution in [0.5, 0.6) is 0 Å². The normalized spacial score (nSPS) is 30.0. The van der Waals surface area contributed by atoms with Crippen molar-refractivity contribution in [2.75, 3.05) is 6.61 Å². The molecule has 0 spiro atoms. The molecule has 4 saturated carbocycles. The molecule has 31 heavy (non-hydrogen) atoms. The molecule has 4 bridgehead atoms. The van der Waals surface area contributed by atoms with Crippen LogP contribution < -0.4 is 10.6 Å². The maximum Gasteiger partial charge on any atom is 0.258 e. The van der Waals surface area contributed by atoms with E-state index in [1.165, 1.54) is 32.1 Å². The van der Waals surface area contributed by atoms with Gasteiger partial charge in [-0.15, -0.1) is 0 Å². The number of nitrogens with zero attached hydrogens (tertiary/aromatic N) is 1. The summed E-state index contributed by atoms with van der Waals surface area (Å²) in [6.45, 7) is 7.99. The molecule has 4 aliphatic carbocycles. The van der Waals surface area contributed by atoms with Crippen molar-refractivity contribution in [2.24, 2.45) is 34.6 Å². The van der Waals surface area contributed by atoms with E-state index in [4.69, 9.17) is 10.1 Å². The molecule has 1 amide bonds. The standard InChI is InChI=1S/C24H36N4O3/c1-15(2)13-31-23(26-6-5-24(3,4)27-14-29)20(12-25)22(30)28-21-18-8-16-7-17(10-18)11-19(21)9-16/h5-6,12,15-19,21,25-26H,7-11,13H2,1-4H3,(H,28,30)/b6-5+,23-20-,25-12?. The zero-order valence-corrected chi connectivity index (χ0v) is 19.1. The third-order valence-corrected chi connectivity index (χ3v) is 6.76. The number of hydrogen-bond donors (Lipinski definition) is 3. The summed E-state index contributed by atoms with van der Waals surface area (Å²) in [5.74, 6) is 3.02. The number of hydrogen-bond acceptors (Lipinski definition) is 6. The third-order valence-electron chi connectivity index (χ3n) is 6.76. The number of ether oxygens (including phenoxy) is 1. The van der Waals surface area contributed by atoms with E-state index >= 15 is 0 Å². The van der Waals surface area contributed by atoms with Crippen molar-refractivity contribution in [3.05, 3.63) is 23.7 Å². The summed E-state index contributed by atoms with van der Waals surface area (Å²) in [5, 5.41) is 14.1. The molecular weight excluding hydrogens is 392 g/mol. The molecule has 0 aromatic carbocycles. The molecule has 4 rings (SSSR count). The smallest absolute Gasteiger partial charge is 0.258 e. The van der Waals surface area contributed by atoms with Crippen molar-refractivity contribution in [2.45, 2.75) is 71.4 Å². The van der Waals surface area contributed by atoms with Crippen LogP contribution in [0.2, 0.25) is 0 Å². The molecule has 0 aromatic heterocycles. The van der Waals surface area contributed by atoms with Gasteiger partial charge in [0.2, 0.25) is 12.0 Å². The number of carbonyl (C=O) groups is 1. The average molecular weight is 429 g/mol. The highest BCUT2D eigenvalue weighted by atomic mass is 16.5. The number of nitrogens with one attached hydrogen (secondary N) is 3. The molecule has 0 aromatic rings. The Labute approximate surface area is 185 Å². The van der Waals surface area contributed by atoms with Gasteiger partial charge in [0.15, 0.2) is 0 Å². The van der Waals surface area contributed by atoms with Gasteiger partial charge in [0, 0.05) is 18.5 Å². The molecular formula is C24H36N4O3. The van der Waals surface area contributed by atoms with Gasteiger partial charge >= 0.3 is 0 Å². The van der Waals surface area contributed by atoms with Crippen molar-refractivity contribution < 1.29 is 14.3 Å². The summed E-state index contributed by atoms with van der Waals surface area (Å²) in [6, 6.07) is 0.193. The molecule has 0 heterocycles. The Morgan fingerprint density at radius 1 is 1.19 bits per heavy atom. The van der Waals surface area contributed by atoms with E-state index in [0.717, 1.165) is 18.1 Å². The maximum atomic E-state index is 13.2. The third kappa shape index (κ3) is 5.85. The molecule has 0 aliphatic heterocycles. The second-order valence-corrected chi connectivity index (χ2v) is 10.4. The summed E-state index contributed by atoms with van der Waals surface area (Å²) < 4.78 is 5.86. The van der Waals surface area contributed by atoms with E-state index in [-0.39, 0.29) is 29.3 Å². The maximum absolute atomic E-state index is 13.2. The van der Waals surface area contributed by atoms with Gasteiger partial charge < -0.3 is 20.8 Å². The first-order chi connectivity index (χ1) is 14.7. The van der Waals surface area contributed by atoms with E-state index in [1.807, 2.05) is 13.8 Å². The summed E-state index contributed by atoms with van der Waals surface area (Å²) in [6.07, 6.45) is 12.1. The topological polar surface area (TPSA) is 104 Å². The molecule has 0 saturated heterocycles. The van der Waals surface area contributed by atoms with Gasteiger partial charge in [-0.05, 0) is 81.6 Å². The van der Waals surface area contributed by atoms with E-state index in [9.17, 15) is 9.59 Å². The lowest BCUT2D eigenvalue weighted by Gasteiger charge is -2.54. The molecule has 0 radical (unpaired) electrons. The number of amides is 1. The van der Waals surface area contributed by atoms with Crippen molar-refractivity contribution in [3.63, 3.8) is 0 Å². The average Bonchev–Trinajstić information content (AvgIpc) is 2.68. The minimum Gasteiger partial charge on any atom is -0.478 e. The SMILES string of the molecule is CC(C)CO/C(N/C=C/C(C)(C)N=C=O)=C(/C=N)C(=O)NC1C2CC3CC(C2)CC1C3. The van der Waals surface area contributed by atoms with Crippen LogP contribution in [-0.2, 0) is 14.3 Å². The molecule has 7 nitrogen and oxygen atoms in total. The van der Waals surface area contributed by atoms with Gasteiger partial charge in [0.05, 0.1) is 12.1 Å². The monoisotopic (exact) mass is 428 g/mol. The zero-order chi connectivity index (χ0) is 22.6. The Kier molecular flexibility index (Phi) is 7.37. The number of rotatable bonds is 10. The van der Waals surface area contributed by atoms with E-state index in [2.05, 4.69) is 15.6 Å². The molecule has 7 heteroatoms. The minimum absolute atomic E-state index is 0.177. The fraction of sp³-hybridized carbons (Fsp3) is 0.708. The highest BCUT2D eigenvalue weighted by molar-refractivity contribution is 6.11. The molecule has 4 fully saturated rings. The van der Waals surface area contributed by atoms with Crippen molar-refractivity contribution in [1.29, 1.82) is 5.41 Å². The summed E-state index contributed by atoms with van der Waals surface area (Å²) in [5.41, 5.74) is -0.554. The molecule has 3 N–H and O–H groups in total. The number of carbonyl (C=O) groups excluding carboxylic acids is 2. The van der Waals surface area contributed by atoms with Gasteiger partial charge in [-0.2, -0.15) is 4.99 Å². The van der Waals surface area contributed by atoms with E-state index < -0.39 is 5.54 Å². The van der Waals surface area contributed by atoms with Crippen LogP contribution in [0.25, 0.3) is 0 Å². The second-order valence-electron chi connectivity index (χ2n) is 10.4. The van der Waals surface area contributed by atoms with Gasteiger partial charge in [-0.3, -0.25) is 4.79 Å². The Bertz CT molecular complexity index is 765. The van der Waals surface area contributed by atoms with Crippen LogP contribution >= 0.6 is 0 Å². The lowest BCUT2D eigenvalue weighted by atomic mass is 9.54. The van der Waals surface area contributed by atoms with Crippen LogP contribution in [0.15, 0.2) is 28.7 Å². The molecule has 0 atom stereocenters. The molecule has 170 valence electrons. The fourth-order valence-corrected chi connectivity index (χ4v) is 5.55. The van der Waals surface area contributed by atoms with Crippen molar-refractivity contribution in [3.8, 4) is 0 Å². The second kappa shape index (κ2) is 9.82. The lowest BCUT2D eigenvalue weighted by molar-refractivity contribution is -0.121. The Morgan fingerprint density at radius 3 is 2.32 bits per heavy atom. The first-order valence-electron chi connectivity index (χ1n) is 11.4. The Balaban J connectivity index is 1.75. The Morgan fingerprint density at radius 2 is 1.81 bits per heavy atom. The van der Waals surface area contributed by atoms with Gasteiger partial charge in [0.1, 0.15) is 5.57 Å². The zero-order valence-electron chi connectivity index (χ0n) is 19.1. The highest BCUT2D eigenvalue weighted by Crippen LogP contribution is 2.53. The number of aliphatic imine (C=N–C) groups is 1. The quantitative estimate of drug-likeness (QED) is 0.214. The van der Waals surface area contributed by atoms with Gasteiger partial charge in [-0.1, -0.05) is 13.8 Å². The van der Waals surface area contributed by atoms with Crippen LogP contribution in [0.1, 0.15) is 59.8 Å². The van der Waals surface area contributed by atoms with Gasteiger partial charge in [0.25, 0.3) is 5.91 Å².